The van der Waals surface area contributed by atoms with Gasteiger partial charge < -0.3 is 9.64 Å². The Morgan fingerprint density at radius 3 is 2.76 bits per heavy atom. The highest BCUT2D eigenvalue weighted by Gasteiger charge is 2.45. The van der Waals surface area contributed by atoms with Crippen molar-refractivity contribution in [1.29, 1.82) is 0 Å². The van der Waals surface area contributed by atoms with E-state index in [1.807, 2.05) is 0 Å². The second-order valence-corrected chi connectivity index (χ2v) is 9.21. The van der Waals surface area contributed by atoms with E-state index in [-0.39, 0.29) is 5.60 Å². The predicted molar refractivity (Wildman–Crippen MR) is 117 cm³/mol. The molecule has 29 heavy (non-hydrogen) atoms. The maximum Gasteiger partial charge on any atom is 0.140 e. The van der Waals surface area contributed by atoms with Crippen molar-refractivity contribution in [3.8, 4) is 17.0 Å². The standard InChI is InChI=1S/C23H28N4OS/c1-25(2)12-13-27-22-19-5-3-4-6-21(19)28-23(20(22)15-24-27)8-10-26(11-9-23)16-18-7-14-29-17-18/h3-7,14-15,17H,8-13,16H2,1-2H3. The Bertz CT molecular complexity index is 971. The Morgan fingerprint density at radius 2 is 2.00 bits per heavy atom. The molecule has 1 fully saturated rings. The molecule has 6 heteroatoms. The minimum atomic E-state index is -0.259. The molecule has 152 valence electrons. The largest absolute Gasteiger partial charge is 0.482 e. The molecule has 1 saturated heterocycles. The molecular formula is C23H28N4OS. The number of hydrogen-bond acceptors (Lipinski definition) is 5. The van der Waals surface area contributed by atoms with Crippen LogP contribution in [0.15, 0.2) is 47.3 Å². The minimum Gasteiger partial charge on any atom is -0.482 e. The van der Waals surface area contributed by atoms with Crippen molar-refractivity contribution in [3.05, 3.63) is 58.4 Å². The molecule has 0 amide bonds. The van der Waals surface area contributed by atoms with E-state index in [0.29, 0.717) is 0 Å². The number of nitrogens with zero attached hydrogens (tertiary/aromatic N) is 4. The third kappa shape index (κ3) is 3.50. The van der Waals surface area contributed by atoms with Gasteiger partial charge in [-0.15, -0.1) is 0 Å². The van der Waals surface area contributed by atoms with Crippen molar-refractivity contribution in [3.63, 3.8) is 0 Å². The van der Waals surface area contributed by atoms with Gasteiger partial charge in [0.2, 0.25) is 0 Å². The topological polar surface area (TPSA) is 33.5 Å². The van der Waals surface area contributed by atoms with Crippen LogP contribution in [0.1, 0.15) is 24.0 Å². The van der Waals surface area contributed by atoms with E-state index in [9.17, 15) is 0 Å². The van der Waals surface area contributed by atoms with E-state index in [4.69, 9.17) is 9.84 Å². The monoisotopic (exact) mass is 408 g/mol. The summed E-state index contributed by atoms with van der Waals surface area (Å²) in [6.07, 6.45) is 4.06. The highest BCUT2D eigenvalue weighted by molar-refractivity contribution is 7.07. The van der Waals surface area contributed by atoms with E-state index in [1.165, 1.54) is 22.4 Å². The number of para-hydroxylation sites is 1. The second kappa shape index (κ2) is 7.59. The fourth-order valence-electron chi connectivity index (χ4n) is 4.57. The van der Waals surface area contributed by atoms with Gasteiger partial charge in [-0.05, 0) is 48.6 Å². The van der Waals surface area contributed by atoms with Crippen LogP contribution in [0.3, 0.4) is 0 Å². The Balaban J connectivity index is 1.44. The van der Waals surface area contributed by atoms with Gasteiger partial charge in [-0.2, -0.15) is 16.4 Å². The van der Waals surface area contributed by atoms with Crippen LogP contribution < -0.4 is 4.74 Å². The molecule has 2 aliphatic heterocycles. The molecule has 0 radical (unpaired) electrons. The average molecular weight is 409 g/mol. The minimum absolute atomic E-state index is 0.259. The van der Waals surface area contributed by atoms with Gasteiger partial charge in [0.1, 0.15) is 11.4 Å². The molecule has 0 unspecified atom stereocenters. The van der Waals surface area contributed by atoms with Crippen LogP contribution in [0.2, 0.25) is 0 Å². The highest BCUT2D eigenvalue weighted by atomic mass is 32.1. The van der Waals surface area contributed by atoms with Crippen LogP contribution in [0, 0.1) is 0 Å². The molecule has 5 nitrogen and oxygen atoms in total. The van der Waals surface area contributed by atoms with Crippen LogP contribution in [0.5, 0.6) is 5.75 Å². The zero-order valence-electron chi connectivity index (χ0n) is 17.2. The number of likely N-dealkylation sites (tertiary alicyclic amines) is 1. The molecule has 5 rings (SSSR count). The molecule has 0 N–H and O–H groups in total. The molecular weight excluding hydrogens is 380 g/mol. The van der Waals surface area contributed by atoms with Crippen LogP contribution >= 0.6 is 11.3 Å². The van der Waals surface area contributed by atoms with Gasteiger partial charge in [-0.1, -0.05) is 12.1 Å². The molecule has 0 aliphatic carbocycles. The molecule has 3 aromatic rings. The quantitative estimate of drug-likeness (QED) is 0.638. The number of ether oxygens (including phenoxy) is 1. The van der Waals surface area contributed by atoms with Crippen molar-refractivity contribution in [2.24, 2.45) is 0 Å². The lowest BCUT2D eigenvalue weighted by Crippen LogP contribution is -2.47. The maximum atomic E-state index is 6.72. The van der Waals surface area contributed by atoms with Crippen molar-refractivity contribution >= 4 is 11.3 Å². The third-order valence-corrected chi connectivity index (χ3v) is 6.92. The fourth-order valence-corrected chi connectivity index (χ4v) is 5.23. The SMILES string of the molecule is CN(C)CCn1ncc2c1-c1ccccc1OC21CCN(Cc2ccsc2)CC1. The van der Waals surface area contributed by atoms with Gasteiger partial charge in [0.25, 0.3) is 0 Å². The molecule has 4 heterocycles. The van der Waals surface area contributed by atoms with Gasteiger partial charge in [-0.25, -0.2) is 0 Å². The summed E-state index contributed by atoms with van der Waals surface area (Å²) in [5.74, 6) is 0.998. The van der Waals surface area contributed by atoms with Gasteiger partial charge in [0, 0.05) is 50.1 Å². The summed E-state index contributed by atoms with van der Waals surface area (Å²) >= 11 is 1.78. The average Bonchev–Trinajstić information content (AvgIpc) is 3.39. The summed E-state index contributed by atoms with van der Waals surface area (Å²) in [7, 11) is 4.22. The number of thiophene rings is 1. The van der Waals surface area contributed by atoms with Crippen molar-refractivity contribution in [1.82, 2.24) is 19.6 Å². The van der Waals surface area contributed by atoms with E-state index in [1.54, 1.807) is 11.3 Å². The van der Waals surface area contributed by atoms with E-state index < -0.39 is 0 Å². The molecule has 2 aromatic heterocycles. The van der Waals surface area contributed by atoms with Crippen LogP contribution in [0.4, 0.5) is 0 Å². The molecule has 1 aromatic carbocycles. The van der Waals surface area contributed by atoms with Gasteiger partial charge >= 0.3 is 0 Å². The summed E-state index contributed by atoms with van der Waals surface area (Å²) in [4.78, 5) is 4.76. The summed E-state index contributed by atoms with van der Waals surface area (Å²) in [5, 5.41) is 9.21. The predicted octanol–water partition coefficient (Wildman–Crippen LogP) is 4.06. The smallest absolute Gasteiger partial charge is 0.140 e. The molecule has 2 aliphatic rings. The normalized spacial score (nSPS) is 17.9. The summed E-state index contributed by atoms with van der Waals surface area (Å²) in [6.45, 7) is 4.97. The van der Waals surface area contributed by atoms with Crippen LogP contribution in [-0.4, -0.2) is 53.3 Å². The summed E-state index contributed by atoms with van der Waals surface area (Å²) in [6, 6.07) is 10.7. The Morgan fingerprint density at radius 1 is 1.17 bits per heavy atom. The first-order valence-corrected chi connectivity index (χ1v) is 11.3. The first-order valence-electron chi connectivity index (χ1n) is 10.4. The summed E-state index contributed by atoms with van der Waals surface area (Å²) in [5.41, 5.74) is 4.85. The Hall–Kier alpha value is -2.15. The van der Waals surface area contributed by atoms with Crippen molar-refractivity contribution < 1.29 is 4.74 Å². The number of likely N-dealkylation sites (N-methyl/N-ethyl adjacent to an activating group) is 1. The van der Waals surface area contributed by atoms with Gasteiger partial charge in [-0.3, -0.25) is 9.58 Å². The first-order chi connectivity index (χ1) is 14.1. The number of rotatable bonds is 5. The number of benzene rings is 1. The van der Waals surface area contributed by atoms with E-state index in [0.717, 1.165) is 51.3 Å². The molecule has 0 atom stereocenters. The molecule has 0 bridgehead atoms. The van der Waals surface area contributed by atoms with Gasteiger partial charge in [0.05, 0.1) is 18.4 Å². The number of aromatic nitrogens is 2. The van der Waals surface area contributed by atoms with Crippen LogP contribution in [0.25, 0.3) is 11.3 Å². The zero-order chi connectivity index (χ0) is 19.8. The lowest BCUT2D eigenvalue weighted by Gasteiger charge is -2.44. The zero-order valence-corrected chi connectivity index (χ0v) is 18.0. The second-order valence-electron chi connectivity index (χ2n) is 8.43. The van der Waals surface area contributed by atoms with E-state index in [2.05, 4.69) is 75.9 Å². The Labute approximate surface area is 176 Å². The van der Waals surface area contributed by atoms with Crippen LogP contribution in [-0.2, 0) is 18.7 Å². The molecule has 1 spiro atoms. The first kappa shape index (κ1) is 18.9. The Kier molecular flexibility index (Phi) is 4.94. The van der Waals surface area contributed by atoms with E-state index >= 15 is 0 Å². The fraction of sp³-hybridized carbons (Fsp3) is 0.435. The number of fused-ring (bicyclic) bond motifs is 4. The highest BCUT2D eigenvalue weighted by Crippen LogP contribution is 2.49. The third-order valence-electron chi connectivity index (χ3n) is 6.19. The maximum absolute atomic E-state index is 6.72. The lowest BCUT2D eigenvalue weighted by atomic mass is 9.81. The van der Waals surface area contributed by atoms with Gasteiger partial charge in [0.15, 0.2) is 0 Å². The molecule has 0 saturated carbocycles. The number of hydrogen-bond donors (Lipinski definition) is 0. The summed E-state index contributed by atoms with van der Waals surface area (Å²) < 4.78 is 8.90. The van der Waals surface area contributed by atoms with Crippen molar-refractivity contribution in [2.45, 2.75) is 31.5 Å². The number of piperidine rings is 1. The lowest BCUT2D eigenvalue weighted by molar-refractivity contribution is -0.00693. The van der Waals surface area contributed by atoms with Crippen molar-refractivity contribution in [2.75, 3.05) is 33.7 Å².